The Kier molecular flexibility index (Phi) is 22.2. The molecule has 0 N–H and O–H groups in total. The van der Waals surface area contributed by atoms with Gasteiger partial charge in [0.05, 0.1) is 12.5 Å². The third-order valence-electron chi connectivity index (χ3n) is 6.53. The molecule has 1 rings (SSSR count). The Bertz CT molecular complexity index is 492. The van der Waals surface area contributed by atoms with Gasteiger partial charge in [0, 0.05) is 11.9 Å². The molecule has 180 valence electrons. The van der Waals surface area contributed by atoms with Crippen molar-refractivity contribution in [2.45, 2.75) is 129 Å². The number of hydrogen-bond acceptors (Lipinski definition) is 4. The standard InChI is InChI=1S/C27H48O4.Na/c1-2-3-4-5-6-7-8-9-10-11-12-13-14-15-16-17-20-23-31-27(30)25-22-19-18-21-24(25)26(28)29;/h3-4,24-25H,2,5-23H2,1H3,(H,28,29);/q;+1/p-1/b4-3+;. The smallest absolute Gasteiger partial charge is 0.550 e. The van der Waals surface area contributed by atoms with Crippen LogP contribution in [0.2, 0.25) is 0 Å². The van der Waals surface area contributed by atoms with Crippen LogP contribution in [0.15, 0.2) is 12.2 Å². The normalized spacial score (nSPS) is 18.4. The molecule has 5 heteroatoms. The van der Waals surface area contributed by atoms with Crippen molar-refractivity contribution in [2.75, 3.05) is 6.61 Å². The molecule has 0 amide bonds. The van der Waals surface area contributed by atoms with Crippen molar-refractivity contribution in [3.63, 3.8) is 0 Å². The van der Waals surface area contributed by atoms with Gasteiger partial charge in [-0.2, -0.15) is 0 Å². The van der Waals surface area contributed by atoms with Gasteiger partial charge in [-0.25, -0.2) is 0 Å². The van der Waals surface area contributed by atoms with Gasteiger partial charge < -0.3 is 14.6 Å². The second-order valence-electron chi connectivity index (χ2n) is 9.25. The van der Waals surface area contributed by atoms with Crippen molar-refractivity contribution in [3.8, 4) is 0 Å². The van der Waals surface area contributed by atoms with E-state index in [0.29, 0.717) is 19.4 Å². The fourth-order valence-electron chi connectivity index (χ4n) is 4.57. The van der Waals surface area contributed by atoms with Crippen LogP contribution in [0, 0.1) is 11.8 Å². The molecule has 0 aromatic heterocycles. The average molecular weight is 459 g/mol. The van der Waals surface area contributed by atoms with E-state index in [4.69, 9.17) is 4.74 Å². The molecular weight excluding hydrogens is 411 g/mol. The molecule has 0 aromatic rings. The van der Waals surface area contributed by atoms with Crippen LogP contribution in [0.1, 0.15) is 129 Å². The van der Waals surface area contributed by atoms with Crippen molar-refractivity contribution >= 4 is 11.9 Å². The maximum Gasteiger partial charge on any atom is 1.00 e. The molecule has 0 heterocycles. The first-order valence-electron chi connectivity index (χ1n) is 13.2. The van der Waals surface area contributed by atoms with Crippen molar-refractivity contribution in [3.05, 3.63) is 12.2 Å². The van der Waals surface area contributed by atoms with E-state index < -0.39 is 17.8 Å². The zero-order valence-corrected chi connectivity index (χ0v) is 23.1. The maximum absolute atomic E-state index is 12.2. The molecule has 1 fully saturated rings. The number of ether oxygens (including phenoxy) is 1. The van der Waals surface area contributed by atoms with E-state index in [9.17, 15) is 14.7 Å². The van der Waals surface area contributed by atoms with Gasteiger partial charge in [0.1, 0.15) is 0 Å². The molecule has 1 aliphatic rings. The summed E-state index contributed by atoms with van der Waals surface area (Å²) in [4.78, 5) is 23.4. The Labute approximate surface area is 219 Å². The number of unbranched alkanes of at least 4 members (excludes halogenated alkanes) is 13. The fraction of sp³-hybridized carbons (Fsp3) is 0.852. The van der Waals surface area contributed by atoms with Crippen LogP contribution in [0.5, 0.6) is 0 Å². The van der Waals surface area contributed by atoms with Gasteiger partial charge in [0.2, 0.25) is 0 Å². The summed E-state index contributed by atoms with van der Waals surface area (Å²) < 4.78 is 5.35. The minimum Gasteiger partial charge on any atom is -0.550 e. The number of aliphatic carboxylic acids is 1. The quantitative estimate of drug-likeness (QED) is 0.129. The first kappa shape index (κ1) is 31.7. The Hall–Kier alpha value is -0.320. The Morgan fingerprint density at radius 1 is 0.750 bits per heavy atom. The van der Waals surface area contributed by atoms with Crippen LogP contribution in [-0.4, -0.2) is 18.5 Å². The summed E-state index contributed by atoms with van der Waals surface area (Å²) in [7, 11) is 0. The number of allylic oxidation sites excluding steroid dienone is 2. The number of rotatable bonds is 19. The molecular formula is C27H47NaO4. The molecule has 2 unspecified atom stereocenters. The van der Waals surface area contributed by atoms with Crippen molar-refractivity contribution < 1.29 is 49.0 Å². The fourth-order valence-corrected chi connectivity index (χ4v) is 4.57. The predicted molar refractivity (Wildman–Crippen MR) is 125 cm³/mol. The molecule has 0 saturated heterocycles. The van der Waals surface area contributed by atoms with Crippen LogP contribution < -0.4 is 34.7 Å². The van der Waals surface area contributed by atoms with Gasteiger partial charge >= 0.3 is 35.5 Å². The molecule has 0 aliphatic heterocycles. The van der Waals surface area contributed by atoms with E-state index in [1.807, 2.05) is 0 Å². The summed E-state index contributed by atoms with van der Waals surface area (Å²) in [5, 5.41) is 11.2. The monoisotopic (exact) mass is 458 g/mol. The SMILES string of the molecule is CC/C=C/CCCCCCCCCCCCCCCOC(=O)C1CCCCC1C(=O)[O-].[Na+]. The van der Waals surface area contributed by atoms with E-state index in [2.05, 4.69) is 19.1 Å². The molecule has 32 heavy (non-hydrogen) atoms. The van der Waals surface area contributed by atoms with Gasteiger partial charge in [0.25, 0.3) is 0 Å². The first-order chi connectivity index (χ1) is 15.2. The summed E-state index contributed by atoms with van der Waals surface area (Å²) in [6, 6.07) is 0. The molecule has 1 saturated carbocycles. The number of carboxylic acid groups (broad SMARTS) is 1. The molecule has 4 nitrogen and oxygen atoms in total. The van der Waals surface area contributed by atoms with Crippen LogP contribution in [0.25, 0.3) is 0 Å². The molecule has 0 aromatic carbocycles. The van der Waals surface area contributed by atoms with Gasteiger partial charge in [-0.1, -0.05) is 103 Å². The largest absolute Gasteiger partial charge is 1.00 e. The topological polar surface area (TPSA) is 66.4 Å². The molecule has 2 atom stereocenters. The second kappa shape index (κ2) is 22.5. The minimum atomic E-state index is -1.10. The molecule has 1 aliphatic carbocycles. The van der Waals surface area contributed by atoms with Crippen LogP contribution >= 0.6 is 0 Å². The van der Waals surface area contributed by atoms with E-state index in [1.165, 1.54) is 77.0 Å². The van der Waals surface area contributed by atoms with Crippen LogP contribution in [0.4, 0.5) is 0 Å². The van der Waals surface area contributed by atoms with Gasteiger partial charge in [0.15, 0.2) is 0 Å². The van der Waals surface area contributed by atoms with Crippen LogP contribution in [-0.2, 0) is 14.3 Å². The third-order valence-corrected chi connectivity index (χ3v) is 6.53. The summed E-state index contributed by atoms with van der Waals surface area (Å²) in [6.45, 7) is 2.61. The Morgan fingerprint density at radius 2 is 1.22 bits per heavy atom. The van der Waals surface area contributed by atoms with E-state index in [1.54, 1.807) is 0 Å². The van der Waals surface area contributed by atoms with Gasteiger partial charge in [-0.3, -0.25) is 4.79 Å². The minimum absolute atomic E-state index is 0. The first-order valence-corrected chi connectivity index (χ1v) is 13.2. The van der Waals surface area contributed by atoms with Crippen LogP contribution in [0.3, 0.4) is 0 Å². The summed E-state index contributed by atoms with van der Waals surface area (Å²) in [6.07, 6.45) is 26.6. The van der Waals surface area contributed by atoms with Gasteiger partial charge in [-0.15, -0.1) is 0 Å². The van der Waals surface area contributed by atoms with E-state index >= 15 is 0 Å². The van der Waals surface area contributed by atoms with E-state index in [0.717, 1.165) is 32.1 Å². The summed E-state index contributed by atoms with van der Waals surface area (Å²) >= 11 is 0. The summed E-state index contributed by atoms with van der Waals surface area (Å²) in [5.41, 5.74) is 0. The number of carbonyl (C=O) groups excluding carboxylic acids is 2. The molecule has 0 radical (unpaired) electrons. The second-order valence-corrected chi connectivity index (χ2v) is 9.25. The number of carbonyl (C=O) groups is 2. The number of esters is 1. The van der Waals surface area contributed by atoms with Crippen molar-refractivity contribution in [2.24, 2.45) is 11.8 Å². The summed E-state index contributed by atoms with van der Waals surface area (Å²) in [5.74, 6) is -2.59. The van der Waals surface area contributed by atoms with Gasteiger partial charge in [-0.05, 0) is 38.5 Å². The maximum atomic E-state index is 12.2. The average Bonchev–Trinajstić information content (AvgIpc) is 2.78. The Balaban J connectivity index is 0.00000961. The zero-order chi connectivity index (χ0) is 22.6. The molecule has 0 bridgehead atoms. The zero-order valence-electron chi connectivity index (χ0n) is 21.1. The number of hydrogen-bond donors (Lipinski definition) is 0. The molecule has 0 spiro atoms. The third kappa shape index (κ3) is 16.3. The van der Waals surface area contributed by atoms with E-state index in [-0.39, 0.29) is 35.5 Å². The van der Waals surface area contributed by atoms with Crippen molar-refractivity contribution in [1.82, 2.24) is 0 Å². The predicted octanol–water partition coefficient (Wildman–Crippen LogP) is 3.52. The Morgan fingerprint density at radius 3 is 1.72 bits per heavy atom. The number of carboxylic acids is 1. The van der Waals surface area contributed by atoms with Crippen molar-refractivity contribution in [1.29, 1.82) is 0 Å².